The highest BCUT2D eigenvalue weighted by Crippen LogP contribution is 2.17. The molecule has 0 unspecified atom stereocenters. The van der Waals surface area contributed by atoms with Crippen LogP contribution in [0.2, 0.25) is 0 Å². The van der Waals surface area contributed by atoms with Crippen LogP contribution in [0.25, 0.3) is 0 Å². The molecule has 0 fully saturated rings. The van der Waals surface area contributed by atoms with E-state index in [0.717, 1.165) is 75.5 Å². The van der Waals surface area contributed by atoms with Crippen LogP contribution in [0.1, 0.15) is 247 Å². The monoisotopic (exact) mass is 751 g/mol. The molecule has 1 atom stereocenters. The molecule has 0 saturated carbocycles. The number of ether oxygens (including phenoxy) is 3. The lowest BCUT2D eigenvalue weighted by Crippen LogP contribution is -2.30. The van der Waals surface area contributed by atoms with Crippen molar-refractivity contribution < 1.29 is 28.6 Å². The third kappa shape index (κ3) is 41.4. The van der Waals surface area contributed by atoms with Crippen LogP contribution in [0.5, 0.6) is 0 Å². The molecule has 0 N–H and O–H groups in total. The molecule has 0 bridgehead atoms. The van der Waals surface area contributed by atoms with Gasteiger partial charge < -0.3 is 14.2 Å². The van der Waals surface area contributed by atoms with E-state index in [1.165, 1.54) is 128 Å². The lowest BCUT2D eigenvalue weighted by molar-refractivity contribution is -0.167. The van der Waals surface area contributed by atoms with Crippen molar-refractivity contribution in [3.8, 4) is 0 Å². The summed E-state index contributed by atoms with van der Waals surface area (Å²) in [6, 6.07) is 0. The van der Waals surface area contributed by atoms with Crippen LogP contribution in [-0.4, -0.2) is 37.2 Å². The first-order valence-corrected chi connectivity index (χ1v) is 23.1. The Morgan fingerprint density at radius 3 is 0.811 bits per heavy atom. The summed E-state index contributed by atoms with van der Waals surface area (Å²) in [6.07, 6.45) is 35.3. The van der Waals surface area contributed by atoms with Crippen molar-refractivity contribution in [1.29, 1.82) is 0 Å². The summed E-state index contributed by atoms with van der Waals surface area (Å²) in [5, 5.41) is 0. The van der Waals surface area contributed by atoms with Gasteiger partial charge in [-0.1, -0.05) is 208 Å². The molecular formula is C47H90O6. The van der Waals surface area contributed by atoms with E-state index in [4.69, 9.17) is 14.2 Å². The maximum absolute atomic E-state index is 12.7. The molecule has 0 spiro atoms. The minimum absolute atomic E-state index is 0.0666. The first kappa shape index (κ1) is 51.4. The SMILES string of the molecule is CC(C)CCCCCCCCCCCCCC(=O)OC[C@@H](COC(=O)CCCCCCCCC(C)C)OC(=O)CCCCCCCCCCCC(C)C. The Bertz CT molecular complexity index is 822. The summed E-state index contributed by atoms with van der Waals surface area (Å²) in [5.74, 6) is 1.53. The molecule has 53 heavy (non-hydrogen) atoms. The van der Waals surface area contributed by atoms with E-state index in [1.807, 2.05) is 0 Å². The maximum atomic E-state index is 12.7. The van der Waals surface area contributed by atoms with E-state index < -0.39 is 6.10 Å². The molecule has 314 valence electrons. The van der Waals surface area contributed by atoms with Gasteiger partial charge in [0.15, 0.2) is 6.10 Å². The topological polar surface area (TPSA) is 78.9 Å². The van der Waals surface area contributed by atoms with Crippen LogP contribution >= 0.6 is 0 Å². The molecule has 0 aromatic heterocycles. The average Bonchev–Trinajstić information content (AvgIpc) is 3.11. The molecule has 0 aliphatic heterocycles. The van der Waals surface area contributed by atoms with Crippen LogP contribution in [-0.2, 0) is 28.6 Å². The van der Waals surface area contributed by atoms with E-state index in [0.29, 0.717) is 19.3 Å². The van der Waals surface area contributed by atoms with Gasteiger partial charge in [0, 0.05) is 19.3 Å². The van der Waals surface area contributed by atoms with Crippen LogP contribution in [0.15, 0.2) is 0 Å². The summed E-state index contributed by atoms with van der Waals surface area (Å²) in [6.45, 7) is 13.6. The van der Waals surface area contributed by atoms with Crippen LogP contribution in [0, 0.1) is 17.8 Å². The summed E-state index contributed by atoms with van der Waals surface area (Å²) >= 11 is 0. The van der Waals surface area contributed by atoms with Gasteiger partial charge in [-0.2, -0.15) is 0 Å². The summed E-state index contributed by atoms with van der Waals surface area (Å²) in [5.41, 5.74) is 0. The second-order valence-electron chi connectivity index (χ2n) is 17.5. The predicted octanol–water partition coefficient (Wildman–Crippen LogP) is 14.4. The third-order valence-electron chi connectivity index (χ3n) is 10.4. The van der Waals surface area contributed by atoms with Gasteiger partial charge in [-0.3, -0.25) is 14.4 Å². The molecule has 0 heterocycles. The maximum Gasteiger partial charge on any atom is 0.306 e. The fourth-order valence-electron chi connectivity index (χ4n) is 6.88. The Balaban J connectivity index is 4.32. The van der Waals surface area contributed by atoms with E-state index in [2.05, 4.69) is 41.5 Å². The van der Waals surface area contributed by atoms with Gasteiger partial charge in [-0.25, -0.2) is 0 Å². The molecule has 6 nitrogen and oxygen atoms in total. The van der Waals surface area contributed by atoms with Gasteiger partial charge in [-0.15, -0.1) is 0 Å². The summed E-state index contributed by atoms with van der Waals surface area (Å²) in [4.78, 5) is 37.7. The molecule has 6 heteroatoms. The highest BCUT2D eigenvalue weighted by Gasteiger charge is 2.19. The Morgan fingerprint density at radius 2 is 0.547 bits per heavy atom. The largest absolute Gasteiger partial charge is 0.462 e. The zero-order valence-electron chi connectivity index (χ0n) is 36.3. The van der Waals surface area contributed by atoms with Gasteiger partial charge in [-0.05, 0) is 37.0 Å². The van der Waals surface area contributed by atoms with Gasteiger partial charge >= 0.3 is 17.9 Å². The van der Waals surface area contributed by atoms with Crippen molar-refractivity contribution in [2.75, 3.05) is 13.2 Å². The lowest BCUT2D eigenvalue weighted by atomic mass is 10.0. The second kappa shape index (κ2) is 38.7. The average molecular weight is 751 g/mol. The van der Waals surface area contributed by atoms with Crippen molar-refractivity contribution >= 4 is 17.9 Å². The normalized spacial score (nSPS) is 12.2. The number of carbonyl (C=O) groups excluding carboxylic acids is 3. The Morgan fingerprint density at radius 1 is 0.321 bits per heavy atom. The first-order chi connectivity index (χ1) is 25.6. The zero-order valence-corrected chi connectivity index (χ0v) is 36.3. The third-order valence-corrected chi connectivity index (χ3v) is 10.4. The number of esters is 3. The fourth-order valence-corrected chi connectivity index (χ4v) is 6.88. The van der Waals surface area contributed by atoms with Gasteiger partial charge in [0.25, 0.3) is 0 Å². The minimum atomic E-state index is -0.762. The smallest absolute Gasteiger partial charge is 0.306 e. The summed E-state index contributed by atoms with van der Waals surface area (Å²) < 4.78 is 16.7. The minimum Gasteiger partial charge on any atom is -0.462 e. The van der Waals surface area contributed by atoms with Gasteiger partial charge in [0.2, 0.25) is 0 Å². The Labute approximate surface area is 329 Å². The molecule has 0 aliphatic rings. The predicted molar refractivity (Wildman–Crippen MR) is 224 cm³/mol. The zero-order chi connectivity index (χ0) is 39.2. The number of rotatable bonds is 40. The van der Waals surface area contributed by atoms with Gasteiger partial charge in [0.1, 0.15) is 13.2 Å². The van der Waals surface area contributed by atoms with Crippen LogP contribution in [0.3, 0.4) is 0 Å². The van der Waals surface area contributed by atoms with Gasteiger partial charge in [0.05, 0.1) is 0 Å². The Kier molecular flexibility index (Phi) is 37.5. The molecule has 0 aliphatic carbocycles. The molecule has 0 aromatic carbocycles. The van der Waals surface area contributed by atoms with Crippen LogP contribution < -0.4 is 0 Å². The fraction of sp³-hybridized carbons (Fsp3) is 0.936. The van der Waals surface area contributed by atoms with Crippen LogP contribution in [0.4, 0.5) is 0 Å². The quantitative estimate of drug-likeness (QED) is 0.0352. The summed E-state index contributed by atoms with van der Waals surface area (Å²) in [7, 11) is 0. The molecule has 0 saturated heterocycles. The molecule has 0 amide bonds. The Hall–Kier alpha value is -1.59. The highest BCUT2D eigenvalue weighted by molar-refractivity contribution is 5.71. The lowest BCUT2D eigenvalue weighted by Gasteiger charge is -2.18. The number of hydrogen-bond donors (Lipinski definition) is 0. The number of carbonyl (C=O) groups is 3. The first-order valence-electron chi connectivity index (χ1n) is 23.1. The van der Waals surface area contributed by atoms with Crippen molar-refractivity contribution in [1.82, 2.24) is 0 Å². The van der Waals surface area contributed by atoms with Crippen molar-refractivity contribution in [2.45, 2.75) is 253 Å². The highest BCUT2D eigenvalue weighted by atomic mass is 16.6. The van der Waals surface area contributed by atoms with Crippen molar-refractivity contribution in [3.05, 3.63) is 0 Å². The standard InChI is InChI=1S/C47H90O6/c1-41(2)33-27-21-15-11-8-7-9-13-17-24-30-36-45(48)51-39-44(40-52-46(49)37-31-25-20-19-23-29-35-43(5)6)53-47(50)38-32-26-18-14-10-12-16-22-28-34-42(3)4/h41-44H,7-40H2,1-6H3/t44-/m0/s1. The second-order valence-corrected chi connectivity index (χ2v) is 17.5. The molecule has 0 rings (SSSR count). The molecular weight excluding hydrogens is 661 g/mol. The van der Waals surface area contributed by atoms with Crippen molar-refractivity contribution in [2.24, 2.45) is 17.8 Å². The van der Waals surface area contributed by atoms with E-state index >= 15 is 0 Å². The number of hydrogen-bond acceptors (Lipinski definition) is 6. The van der Waals surface area contributed by atoms with E-state index in [9.17, 15) is 14.4 Å². The van der Waals surface area contributed by atoms with E-state index in [1.54, 1.807) is 0 Å². The van der Waals surface area contributed by atoms with Crippen molar-refractivity contribution in [3.63, 3.8) is 0 Å². The molecule has 0 aromatic rings. The molecule has 0 radical (unpaired) electrons. The van der Waals surface area contributed by atoms with E-state index in [-0.39, 0.29) is 31.1 Å². The number of unbranched alkanes of at least 4 members (excludes halogenated alkanes) is 23.